The molecule has 17 heavy (non-hydrogen) atoms. The number of para-hydroxylation sites is 1. The molecule has 0 aromatic heterocycles. The van der Waals surface area contributed by atoms with Crippen molar-refractivity contribution in [3.05, 3.63) is 40.8 Å². The number of ether oxygens (including phenoxy) is 1. The third-order valence-corrected chi connectivity index (χ3v) is 2.21. The lowest BCUT2D eigenvalue weighted by Gasteiger charge is -2.14. The molecule has 1 aromatic rings. The summed E-state index contributed by atoms with van der Waals surface area (Å²) in [6.07, 6.45) is 2.90. The first-order chi connectivity index (χ1) is 8.22. The Kier molecular flexibility index (Phi) is 4.87. The average molecular weight is 234 g/mol. The minimum atomic E-state index is -0.443. The Morgan fingerprint density at radius 2 is 2.18 bits per heavy atom. The van der Waals surface area contributed by atoms with E-state index < -0.39 is 5.97 Å². The van der Waals surface area contributed by atoms with Crippen molar-refractivity contribution in [1.82, 2.24) is 0 Å². The van der Waals surface area contributed by atoms with Crippen LogP contribution in [0.4, 0.5) is 5.69 Å². The van der Waals surface area contributed by atoms with Crippen molar-refractivity contribution in [3.8, 4) is 0 Å². The molecule has 0 atom stereocenters. The molecule has 0 heterocycles. The first-order valence-corrected chi connectivity index (χ1v) is 5.18. The van der Waals surface area contributed by atoms with Crippen molar-refractivity contribution in [2.75, 3.05) is 18.7 Å². The lowest BCUT2D eigenvalue weighted by molar-refractivity contribution is -0.134. The first-order valence-electron chi connectivity index (χ1n) is 5.18. The Bertz CT molecular complexity index is 430. The van der Waals surface area contributed by atoms with E-state index in [9.17, 15) is 9.70 Å². The Morgan fingerprint density at radius 1 is 1.47 bits per heavy atom. The maximum absolute atomic E-state index is 11.0. The second-order valence-corrected chi connectivity index (χ2v) is 3.21. The number of nitrogens with zero attached hydrogens (tertiary/aromatic N) is 2. The Morgan fingerprint density at radius 3 is 2.76 bits per heavy atom. The highest BCUT2D eigenvalue weighted by Crippen LogP contribution is 2.21. The smallest absolute Gasteiger partial charge is 0.330 e. The fourth-order valence-corrected chi connectivity index (χ4v) is 1.36. The van der Waals surface area contributed by atoms with Gasteiger partial charge in [-0.05, 0) is 19.1 Å². The molecular formula is C12H14N2O3. The lowest BCUT2D eigenvalue weighted by atomic mass is 10.1. The van der Waals surface area contributed by atoms with Crippen molar-refractivity contribution in [2.45, 2.75) is 6.92 Å². The third kappa shape index (κ3) is 3.41. The Labute approximate surface area is 99.6 Å². The van der Waals surface area contributed by atoms with Gasteiger partial charge in [-0.1, -0.05) is 18.2 Å². The summed E-state index contributed by atoms with van der Waals surface area (Å²) in [5.41, 5.74) is 1.39. The van der Waals surface area contributed by atoms with Crippen LogP contribution in [0.1, 0.15) is 12.5 Å². The molecule has 0 amide bonds. The van der Waals surface area contributed by atoms with Gasteiger partial charge in [0.1, 0.15) is 0 Å². The van der Waals surface area contributed by atoms with Gasteiger partial charge in [0.2, 0.25) is 0 Å². The van der Waals surface area contributed by atoms with Crippen molar-refractivity contribution in [3.63, 3.8) is 0 Å². The predicted octanol–water partition coefficient (Wildman–Crippen LogP) is 2.38. The molecule has 0 fully saturated rings. The van der Waals surface area contributed by atoms with E-state index in [0.717, 1.165) is 5.56 Å². The zero-order valence-corrected chi connectivity index (χ0v) is 9.79. The molecule has 0 radical (unpaired) electrons. The number of carbonyl (C=O) groups excluding carboxylic acids is 1. The molecule has 0 unspecified atom stereocenters. The fourth-order valence-electron chi connectivity index (χ4n) is 1.36. The van der Waals surface area contributed by atoms with E-state index in [1.165, 1.54) is 18.2 Å². The second kappa shape index (κ2) is 6.42. The van der Waals surface area contributed by atoms with Gasteiger partial charge in [0.05, 0.1) is 18.1 Å². The summed E-state index contributed by atoms with van der Waals surface area (Å²) in [6, 6.07) is 7.18. The molecule has 0 aliphatic rings. The van der Waals surface area contributed by atoms with Crippen LogP contribution in [0.3, 0.4) is 0 Å². The van der Waals surface area contributed by atoms with Crippen LogP contribution in [-0.4, -0.2) is 19.6 Å². The van der Waals surface area contributed by atoms with E-state index in [1.807, 2.05) is 13.0 Å². The highest BCUT2D eigenvalue weighted by Gasteiger charge is 2.07. The molecule has 90 valence electrons. The molecule has 1 rings (SSSR count). The van der Waals surface area contributed by atoms with Gasteiger partial charge in [0.25, 0.3) is 0 Å². The zero-order valence-electron chi connectivity index (χ0n) is 9.79. The summed E-state index contributed by atoms with van der Waals surface area (Å²) >= 11 is 0. The largest absolute Gasteiger partial charge is 0.466 e. The van der Waals surface area contributed by atoms with Gasteiger partial charge in [-0.2, -0.15) is 0 Å². The summed E-state index contributed by atoms with van der Waals surface area (Å²) in [5.74, 6) is -0.443. The van der Waals surface area contributed by atoms with Crippen LogP contribution in [0, 0.1) is 4.91 Å². The summed E-state index contributed by atoms with van der Waals surface area (Å²) in [4.78, 5) is 21.6. The Hall–Kier alpha value is -2.17. The van der Waals surface area contributed by atoms with Gasteiger partial charge in [0.15, 0.2) is 0 Å². The van der Waals surface area contributed by atoms with Gasteiger partial charge in [0, 0.05) is 18.2 Å². The van der Waals surface area contributed by atoms with E-state index in [0.29, 0.717) is 12.2 Å². The number of carbonyl (C=O) groups is 1. The van der Waals surface area contributed by atoms with Crippen LogP contribution in [0.15, 0.2) is 35.6 Å². The molecule has 0 N–H and O–H groups in total. The number of rotatable bonds is 5. The Balaban J connectivity index is 3.03. The van der Waals surface area contributed by atoms with Crippen molar-refractivity contribution in [2.24, 2.45) is 5.29 Å². The monoisotopic (exact) mass is 234 g/mol. The van der Waals surface area contributed by atoms with Gasteiger partial charge < -0.3 is 4.74 Å². The third-order valence-electron chi connectivity index (χ3n) is 2.21. The summed E-state index contributed by atoms with van der Waals surface area (Å²) in [5, 5.41) is 4.23. The molecule has 0 bridgehead atoms. The molecule has 1 aromatic carbocycles. The predicted molar refractivity (Wildman–Crippen MR) is 66.3 cm³/mol. The fraction of sp³-hybridized carbons (Fsp3) is 0.250. The van der Waals surface area contributed by atoms with Crippen LogP contribution in [0.25, 0.3) is 6.08 Å². The quantitative estimate of drug-likeness (QED) is 0.339. The number of esters is 1. The van der Waals surface area contributed by atoms with Crippen LogP contribution in [0.5, 0.6) is 0 Å². The summed E-state index contributed by atoms with van der Waals surface area (Å²) in [7, 11) is 1.31. The van der Waals surface area contributed by atoms with Gasteiger partial charge in [-0.25, -0.2) is 9.80 Å². The zero-order chi connectivity index (χ0) is 12.7. The maximum atomic E-state index is 11.0. The second-order valence-electron chi connectivity index (χ2n) is 3.21. The maximum Gasteiger partial charge on any atom is 0.330 e. The van der Waals surface area contributed by atoms with Crippen LogP contribution < -0.4 is 5.01 Å². The van der Waals surface area contributed by atoms with Gasteiger partial charge >= 0.3 is 5.97 Å². The number of methoxy groups -OCH3 is 1. The number of benzene rings is 1. The van der Waals surface area contributed by atoms with Gasteiger partial charge in [-0.3, -0.25) is 0 Å². The summed E-state index contributed by atoms with van der Waals surface area (Å²) in [6.45, 7) is 2.29. The molecular weight excluding hydrogens is 220 g/mol. The SMILES string of the molecule is CCN(N=O)c1ccccc1/C=C/C(=O)OC. The first kappa shape index (κ1) is 12.9. The number of nitroso groups, excluding NO2 is 1. The lowest BCUT2D eigenvalue weighted by Crippen LogP contribution is -2.14. The average Bonchev–Trinajstić information content (AvgIpc) is 2.38. The minimum Gasteiger partial charge on any atom is -0.466 e. The molecule has 5 heteroatoms. The number of anilines is 1. The summed E-state index contributed by atoms with van der Waals surface area (Å²) < 4.78 is 4.50. The minimum absolute atomic E-state index is 0.443. The van der Waals surface area contributed by atoms with Gasteiger partial charge in [-0.15, -0.1) is 4.91 Å². The number of hydrogen-bond acceptors (Lipinski definition) is 4. The van der Waals surface area contributed by atoms with E-state index in [-0.39, 0.29) is 0 Å². The van der Waals surface area contributed by atoms with E-state index in [4.69, 9.17) is 0 Å². The van der Waals surface area contributed by atoms with Crippen molar-refractivity contribution < 1.29 is 9.53 Å². The standard InChI is InChI=1S/C12H14N2O3/c1-3-14(13-16)11-7-5-4-6-10(11)8-9-12(15)17-2/h4-9H,3H2,1-2H3/b9-8+. The molecule has 0 spiro atoms. The van der Waals surface area contributed by atoms with Crippen molar-refractivity contribution in [1.29, 1.82) is 0 Å². The number of hydrogen-bond donors (Lipinski definition) is 0. The highest BCUT2D eigenvalue weighted by atomic mass is 16.5. The highest BCUT2D eigenvalue weighted by molar-refractivity contribution is 5.88. The van der Waals surface area contributed by atoms with E-state index >= 15 is 0 Å². The van der Waals surface area contributed by atoms with E-state index in [1.54, 1.807) is 24.3 Å². The molecule has 5 nitrogen and oxygen atoms in total. The molecule has 0 saturated carbocycles. The van der Waals surface area contributed by atoms with Crippen molar-refractivity contribution >= 4 is 17.7 Å². The molecule has 0 aliphatic carbocycles. The topological polar surface area (TPSA) is 59.0 Å². The normalized spacial score (nSPS) is 10.2. The molecule has 0 saturated heterocycles. The van der Waals surface area contributed by atoms with E-state index in [2.05, 4.69) is 10.0 Å². The molecule has 0 aliphatic heterocycles. The van der Waals surface area contributed by atoms with Crippen LogP contribution in [-0.2, 0) is 9.53 Å². The van der Waals surface area contributed by atoms with Crippen LogP contribution in [0.2, 0.25) is 0 Å². The van der Waals surface area contributed by atoms with Crippen LogP contribution >= 0.6 is 0 Å².